The van der Waals surface area contributed by atoms with Crippen LogP contribution < -0.4 is 10.2 Å². The average molecular weight is 404 g/mol. The van der Waals surface area contributed by atoms with Crippen LogP contribution in [0.2, 0.25) is 0 Å². The van der Waals surface area contributed by atoms with Crippen LogP contribution in [0, 0.1) is 17.8 Å². The Balaban J connectivity index is 3.33. The van der Waals surface area contributed by atoms with E-state index in [1.165, 1.54) is 0 Å². The topological polar surface area (TPSA) is 52.7 Å². The summed E-state index contributed by atoms with van der Waals surface area (Å²) in [6, 6.07) is 6.09. The Morgan fingerprint density at radius 1 is 1.00 bits per heavy atom. The summed E-state index contributed by atoms with van der Waals surface area (Å²) in [4.78, 5) is 29.6. The molecule has 0 bridgehead atoms. The molecule has 0 aromatic heterocycles. The second kappa shape index (κ2) is 11.2. The Morgan fingerprint density at radius 2 is 1.59 bits per heavy atom. The number of hydrogen-bond donors (Lipinski definition) is 1. The molecule has 2 amide bonds. The van der Waals surface area contributed by atoms with Crippen molar-refractivity contribution in [1.82, 2.24) is 4.90 Å². The lowest BCUT2D eigenvalue weighted by molar-refractivity contribution is -0.139. The number of amides is 2. The van der Waals surface area contributed by atoms with Crippen molar-refractivity contribution in [3.8, 4) is 0 Å². The van der Waals surface area contributed by atoms with Gasteiger partial charge < -0.3 is 15.1 Å². The van der Waals surface area contributed by atoms with Gasteiger partial charge in [0.2, 0.25) is 11.8 Å². The number of nitrogens with one attached hydrogen (secondary N) is 1. The number of rotatable bonds is 10. The summed E-state index contributed by atoms with van der Waals surface area (Å²) in [6.07, 6.45) is 1.70. The van der Waals surface area contributed by atoms with E-state index in [1.807, 2.05) is 51.0 Å². The Labute approximate surface area is 177 Å². The van der Waals surface area contributed by atoms with Crippen molar-refractivity contribution in [2.24, 2.45) is 17.8 Å². The minimum Gasteiger partial charge on any atom is -0.377 e. The molecule has 1 unspecified atom stereocenters. The number of nitrogens with zero attached hydrogens (tertiary/aromatic N) is 2. The lowest BCUT2D eigenvalue weighted by Gasteiger charge is -2.35. The first-order valence-electron chi connectivity index (χ1n) is 10.9. The van der Waals surface area contributed by atoms with E-state index in [0.717, 1.165) is 29.8 Å². The molecule has 0 heterocycles. The van der Waals surface area contributed by atoms with Crippen molar-refractivity contribution in [2.75, 3.05) is 24.3 Å². The number of carbonyl (C=O) groups is 2. The van der Waals surface area contributed by atoms with E-state index in [-0.39, 0.29) is 29.7 Å². The molecule has 1 atom stereocenters. The molecule has 29 heavy (non-hydrogen) atoms. The zero-order valence-electron chi connectivity index (χ0n) is 19.9. The Kier molecular flexibility index (Phi) is 9.67. The van der Waals surface area contributed by atoms with E-state index in [2.05, 4.69) is 44.8 Å². The lowest BCUT2D eigenvalue weighted by atomic mass is 9.96. The molecule has 1 N–H and O–H groups in total. The Bertz CT molecular complexity index is 679. The van der Waals surface area contributed by atoms with Crippen LogP contribution in [0.4, 0.5) is 11.4 Å². The van der Waals surface area contributed by atoms with E-state index in [4.69, 9.17) is 0 Å². The van der Waals surface area contributed by atoms with Crippen LogP contribution in [0.3, 0.4) is 0 Å². The van der Waals surface area contributed by atoms with Gasteiger partial charge in [0.15, 0.2) is 0 Å². The predicted molar refractivity (Wildman–Crippen MR) is 123 cm³/mol. The van der Waals surface area contributed by atoms with Gasteiger partial charge in [-0.2, -0.15) is 0 Å². The molecule has 0 aliphatic carbocycles. The fourth-order valence-electron chi connectivity index (χ4n) is 3.35. The van der Waals surface area contributed by atoms with Gasteiger partial charge in [0.05, 0.1) is 0 Å². The van der Waals surface area contributed by atoms with Gasteiger partial charge in [0, 0.05) is 49.9 Å². The summed E-state index contributed by atoms with van der Waals surface area (Å²) >= 11 is 0. The van der Waals surface area contributed by atoms with Crippen LogP contribution in [0.1, 0.15) is 66.9 Å². The van der Waals surface area contributed by atoms with Crippen LogP contribution in [0.5, 0.6) is 0 Å². The maximum absolute atomic E-state index is 13.3. The molecule has 1 aromatic rings. The molecule has 1 rings (SSSR count). The molecule has 1 aromatic carbocycles. The quantitative estimate of drug-likeness (QED) is 0.587. The molecule has 164 valence electrons. The highest BCUT2D eigenvalue weighted by Gasteiger charge is 2.28. The van der Waals surface area contributed by atoms with Crippen LogP contribution in [-0.4, -0.2) is 36.9 Å². The predicted octanol–water partition coefficient (Wildman–Crippen LogP) is 5.16. The SMILES string of the molecule is CCC(CC)C(=O)N(Cc1cc(NC(=O)C(C)C)ccc1N(C)C)C(C)C(C)C. The summed E-state index contributed by atoms with van der Waals surface area (Å²) < 4.78 is 0. The molecule has 0 saturated carbocycles. The van der Waals surface area contributed by atoms with Gasteiger partial charge in [-0.15, -0.1) is 0 Å². The monoisotopic (exact) mass is 403 g/mol. The summed E-state index contributed by atoms with van der Waals surface area (Å²) in [7, 11) is 4.01. The molecular formula is C24H41N3O2. The van der Waals surface area contributed by atoms with Gasteiger partial charge in [0.1, 0.15) is 0 Å². The second-order valence-corrected chi connectivity index (χ2v) is 8.85. The maximum atomic E-state index is 13.3. The first kappa shape index (κ1) is 25.0. The van der Waals surface area contributed by atoms with Crippen molar-refractivity contribution in [1.29, 1.82) is 0 Å². The van der Waals surface area contributed by atoms with Gasteiger partial charge in [-0.3, -0.25) is 9.59 Å². The minimum absolute atomic E-state index is 0.00550. The number of anilines is 2. The first-order valence-corrected chi connectivity index (χ1v) is 10.9. The van der Waals surface area contributed by atoms with Crippen LogP contribution in [0.15, 0.2) is 18.2 Å². The molecule has 0 saturated heterocycles. The highest BCUT2D eigenvalue weighted by atomic mass is 16.2. The van der Waals surface area contributed by atoms with Crippen LogP contribution in [0.25, 0.3) is 0 Å². The van der Waals surface area contributed by atoms with Crippen LogP contribution >= 0.6 is 0 Å². The summed E-state index contributed by atoms with van der Waals surface area (Å²) in [5, 5.41) is 2.99. The lowest BCUT2D eigenvalue weighted by Crippen LogP contribution is -2.44. The fraction of sp³-hybridized carbons (Fsp3) is 0.667. The van der Waals surface area contributed by atoms with E-state index < -0.39 is 0 Å². The molecule has 0 radical (unpaired) electrons. The van der Waals surface area contributed by atoms with Gasteiger partial charge in [-0.1, -0.05) is 41.5 Å². The van der Waals surface area contributed by atoms with Crippen molar-refractivity contribution in [2.45, 2.75) is 73.9 Å². The van der Waals surface area contributed by atoms with E-state index >= 15 is 0 Å². The number of benzene rings is 1. The van der Waals surface area contributed by atoms with Crippen molar-refractivity contribution in [3.63, 3.8) is 0 Å². The van der Waals surface area contributed by atoms with Crippen LogP contribution in [-0.2, 0) is 16.1 Å². The van der Waals surface area contributed by atoms with Gasteiger partial charge >= 0.3 is 0 Å². The first-order chi connectivity index (χ1) is 13.5. The maximum Gasteiger partial charge on any atom is 0.226 e. The summed E-state index contributed by atoms with van der Waals surface area (Å²) in [5.41, 5.74) is 2.88. The Hall–Kier alpha value is -2.04. The molecular weight excluding hydrogens is 362 g/mol. The number of carbonyl (C=O) groups excluding carboxylic acids is 2. The van der Waals surface area contributed by atoms with E-state index in [9.17, 15) is 9.59 Å². The normalized spacial score (nSPS) is 12.4. The van der Waals surface area contributed by atoms with Gasteiger partial charge in [-0.05, 0) is 49.4 Å². The molecule has 0 fully saturated rings. The second-order valence-electron chi connectivity index (χ2n) is 8.85. The largest absolute Gasteiger partial charge is 0.377 e. The smallest absolute Gasteiger partial charge is 0.226 e. The van der Waals surface area contributed by atoms with E-state index in [1.54, 1.807) is 0 Å². The average Bonchev–Trinajstić information content (AvgIpc) is 2.66. The zero-order valence-corrected chi connectivity index (χ0v) is 19.9. The highest BCUT2D eigenvalue weighted by Crippen LogP contribution is 2.28. The van der Waals surface area contributed by atoms with Crippen molar-refractivity contribution < 1.29 is 9.59 Å². The fourth-order valence-corrected chi connectivity index (χ4v) is 3.35. The minimum atomic E-state index is -0.0825. The molecule has 0 aliphatic heterocycles. The zero-order chi connectivity index (χ0) is 22.3. The molecule has 0 spiro atoms. The number of hydrogen-bond acceptors (Lipinski definition) is 3. The Morgan fingerprint density at radius 3 is 2.03 bits per heavy atom. The summed E-state index contributed by atoms with van der Waals surface area (Å²) in [6.45, 7) is 14.9. The standard InChI is InChI=1S/C24H41N3O2/c1-10-19(11-2)24(29)27(18(7)16(3)4)15-20-14-21(25-23(28)17(5)6)12-13-22(20)26(8)9/h12-14,16-19H,10-11,15H2,1-9H3,(H,25,28). The van der Waals surface area contributed by atoms with Crippen molar-refractivity contribution >= 4 is 23.2 Å². The third kappa shape index (κ3) is 6.76. The van der Waals surface area contributed by atoms with Crippen molar-refractivity contribution in [3.05, 3.63) is 23.8 Å². The van der Waals surface area contributed by atoms with Gasteiger partial charge in [-0.25, -0.2) is 0 Å². The molecule has 0 aliphatic rings. The van der Waals surface area contributed by atoms with E-state index in [0.29, 0.717) is 12.5 Å². The summed E-state index contributed by atoms with van der Waals surface area (Å²) in [5.74, 6) is 0.537. The third-order valence-electron chi connectivity index (χ3n) is 5.77. The third-order valence-corrected chi connectivity index (χ3v) is 5.77. The molecule has 5 heteroatoms. The van der Waals surface area contributed by atoms with Gasteiger partial charge in [0.25, 0.3) is 0 Å². The highest BCUT2D eigenvalue weighted by molar-refractivity contribution is 5.92. The molecule has 5 nitrogen and oxygen atoms in total.